The number of ether oxygens (including phenoxy) is 1. The van der Waals surface area contributed by atoms with Crippen molar-refractivity contribution < 1.29 is 9.53 Å². The van der Waals surface area contributed by atoms with Crippen LogP contribution in [0.1, 0.15) is 103 Å². The normalized spacial score (nSPS) is 11.9. The Balaban J connectivity index is 3.37. The highest BCUT2D eigenvalue weighted by molar-refractivity contribution is 5.81. The highest BCUT2D eigenvalue weighted by Gasteiger charge is 2.10. The van der Waals surface area contributed by atoms with E-state index >= 15 is 0 Å². The van der Waals surface area contributed by atoms with Crippen molar-refractivity contribution in [3.8, 4) is 0 Å². The molecule has 0 rings (SSSR count). The summed E-state index contributed by atoms with van der Waals surface area (Å²) in [4.78, 5) is 11.3. The maximum absolute atomic E-state index is 11.3. The van der Waals surface area contributed by atoms with Gasteiger partial charge in [-0.15, -0.1) is 6.58 Å². The summed E-state index contributed by atoms with van der Waals surface area (Å²) in [5.74, 6) is -0.323. The number of hydrogen-bond donors (Lipinski definition) is 0. The average Bonchev–Trinajstić information content (AvgIpc) is 2.58. The molecule has 24 heavy (non-hydrogen) atoms. The number of carbonyl (C=O) groups is 1. The third-order valence-electron chi connectivity index (χ3n) is 4.51. The van der Waals surface area contributed by atoms with Gasteiger partial charge in [0.25, 0.3) is 0 Å². The van der Waals surface area contributed by atoms with E-state index in [0.29, 0.717) is 0 Å². The topological polar surface area (TPSA) is 26.3 Å². The smallest absolute Gasteiger partial charge is 0.330 e. The first kappa shape index (κ1) is 22.9. The second kappa shape index (κ2) is 18.3. The van der Waals surface area contributed by atoms with Gasteiger partial charge in [-0.3, -0.25) is 0 Å². The molecule has 0 aliphatic heterocycles. The van der Waals surface area contributed by atoms with Crippen LogP contribution < -0.4 is 0 Å². The van der Waals surface area contributed by atoms with Crippen LogP contribution in [0.25, 0.3) is 0 Å². The Hall–Kier alpha value is -1.05. The molecule has 0 bridgehead atoms. The van der Waals surface area contributed by atoms with Crippen LogP contribution in [0, 0.1) is 0 Å². The fourth-order valence-electron chi connectivity index (χ4n) is 3.01. The number of esters is 1. The van der Waals surface area contributed by atoms with Crippen LogP contribution in [0.15, 0.2) is 25.3 Å². The SMILES string of the molecule is C=CCC(CCCCCCCCCCCCCCC)OC(=O)C=C. The molecule has 0 fully saturated rings. The Morgan fingerprint density at radius 3 is 1.71 bits per heavy atom. The lowest BCUT2D eigenvalue weighted by Crippen LogP contribution is -2.15. The van der Waals surface area contributed by atoms with E-state index in [-0.39, 0.29) is 12.1 Å². The molecule has 0 amide bonds. The lowest BCUT2D eigenvalue weighted by molar-refractivity contribution is -0.143. The number of carbonyl (C=O) groups excluding carboxylic acids is 1. The summed E-state index contributed by atoms with van der Waals surface area (Å²) < 4.78 is 5.32. The Bertz CT molecular complexity index is 309. The maximum atomic E-state index is 11.3. The molecular formula is C22H40O2. The molecule has 0 aliphatic rings. The molecule has 0 aromatic carbocycles. The summed E-state index contributed by atoms with van der Waals surface area (Å²) in [6.45, 7) is 9.44. The van der Waals surface area contributed by atoms with Crippen molar-refractivity contribution in [3.63, 3.8) is 0 Å². The molecule has 0 saturated carbocycles. The van der Waals surface area contributed by atoms with E-state index in [1.54, 1.807) is 0 Å². The van der Waals surface area contributed by atoms with Crippen LogP contribution in [0.2, 0.25) is 0 Å². The van der Waals surface area contributed by atoms with E-state index in [2.05, 4.69) is 20.1 Å². The summed E-state index contributed by atoms with van der Waals surface area (Å²) in [6.07, 6.45) is 22.3. The highest BCUT2D eigenvalue weighted by Crippen LogP contribution is 2.15. The molecule has 0 N–H and O–H groups in total. The van der Waals surface area contributed by atoms with Crippen molar-refractivity contribution in [2.45, 2.75) is 109 Å². The van der Waals surface area contributed by atoms with E-state index in [1.165, 1.54) is 83.1 Å². The Kier molecular flexibility index (Phi) is 17.5. The highest BCUT2D eigenvalue weighted by atomic mass is 16.5. The molecule has 0 spiro atoms. The van der Waals surface area contributed by atoms with Gasteiger partial charge in [0.1, 0.15) is 6.10 Å². The zero-order chi connectivity index (χ0) is 17.9. The monoisotopic (exact) mass is 336 g/mol. The molecule has 0 saturated heterocycles. The maximum Gasteiger partial charge on any atom is 0.330 e. The van der Waals surface area contributed by atoms with Crippen molar-refractivity contribution in [1.82, 2.24) is 0 Å². The number of unbranched alkanes of at least 4 members (excludes halogenated alkanes) is 12. The third kappa shape index (κ3) is 15.8. The predicted molar refractivity (Wildman–Crippen MR) is 105 cm³/mol. The molecule has 1 atom stereocenters. The fraction of sp³-hybridized carbons (Fsp3) is 0.773. The van der Waals surface area contributed by atoms with Crippen LogP contribution >= 0.6 is 0 Å². The number of rotatable bonds is 18. The summed E-state index contributed by atoms with van der Waals surface area (Å²) in [6, 6.07) is 0. The summed E-state index contributed by atoms with van der Waals surface area (Å²) in [5, 5.41) is 0. The zero-order valence-electron chi connectivity index (χ0n) is 16.1. The van der Waals surface area contributed by atoms with Gasteiger partial charge >= 0.3 is 5.97 Å². The summed E-state index contributed by atoms with van der Waals surface area (Å²) in [5.41, 5.74) is 0. The summed E-state index contributed by atoms with van der Waals surface area (Å²) in [7, 11) is 0. The van der Waals surface area contributed by atoms with E-state index < -0.39 is 0 Å². The molecule has 0 radical (unpaired) electrons. The van der Waals surface area contributed by atoms with Gasteiger partial charge in [-0.25, -0.2) is 4.79 Å². The van der Waals surface area contributed by atoms with Crippen LogP contribution in [0.5, 0.6) is 0 Å². The lowest BCUT2D eigenvalue weighted by atomic mass is 10.0. The minimum Gasteiger partial charge on any atom is -0.459 e. The van der Waals surface area contributed by atoms with Gasteiger partial charge in [-0.05, 0) is 12.8 Å². The first-order valence-corrected chi connectivity index (χ1v) is 10.2. The molecular weight excluding hydrogens is 296 g/mol. The first-order valence-electron chi connectivity index (χ1n) is 10.2. The second-order valence-corrected chi connectivity index (χ2v) is 6.82. The predicted octanol–water partition coefficient (Wildman–Crippen LogP) is 7.14. The molecule has 0 heterocycles. The molecule has 2 heteroatoms. The van der Waals surface area contributed by atoms with Crippen LogP contribution in [0.3, 0.4) is 0 Å². The largest absolute Gasteiger partial charge is 0.459 e. The van der Waals surface area contributed by atoms with Crippen LogP contribution in [-0.4, -0.2) is 12.1 Å². The van der Waals surface area contributed by atoms with E-state index in [9.17, 15) is 4.79 Å². The lowest BCUT2D eigenvalue weighted by Gasteiger charge is -2.15. The van der Waals surface area contributed by atoms with Crippen molar-refractivity contribution in [1.29, 1.82) is 0 Å². The molecule has 0 aromatic heterocycles. The molecule has 140 valence electrons. The molecule has 1 unspecified atom stereocenters. The van der Waals surface area contributed by atoms with Gasteiger partial charge in [-0.2, -0.15) is 0 Å². The Morgan fingerprint density at radius 1 is 0.833 bits per heavy atom. The molecule has 2 nitrogen and oxygen atoms in total. The summed E-state index contributed by atoms with van der Waals surface area (Å²) >= 11 is 0. The van der Waals surface area contributed by atoms with Gasteiger partial charge in [-0.1, -0.05) is 96.6 Å². The van der Waals surface area contributed by atoms with Gasteiger partial charge in [0, 0.05) is 12.5 Å². The minimum absolute atomic E-state index is 0.0271. The van der Waals surface area contributed by atoms with Gasteiger partial charge < -0.3 is 4.74 Å². The number of hydrogen-bond acceptors (Lipinski definition) is 2. The van der Waals surface area contributed by atoms with Gasteiger partial charge in [0.15, 0.2) is 0 Å². The minimum atomic E-state index is -0.323. The van der Waals surface area contributed by atoms with Crippen molar-refractivity contribution >= 4 is 5.97 Å². The van der Waals surface area contributed by atoms with Gasteiger partial charge in [0.2, 0.25) is 0 Å². The molecule has 0 aromatic rings. The standard InChI is InChI=1S/C22H40O2/c1-4-7-8-9-10-11-12-13-14-15-16-17-18-20-21(19-5-2)24-22(23)6-3/h5-6,21H,2-4,7-20H2,1H3. The molecule has 0 aliphatic carbocycles. The first-order chi connectivity index (χ1) is 11.7. The average molecular weight is 337 g/mol. The third-order valence-corrected chi connectivity index (χ3v) is 4.51. The Labute approximate surface area is 150 Å². The fourth-order valence-corrected chi connectivity index (χ4v) is 3.01. The van der Waals surface area contributed by atoms with E-state index in [1.807, 2.05) is 6.08 Å². The van der Waals surface area contributed by atoms with E-state index in [0.717, 1.165) is 19.3 Å². The van der Waals surface area contributed by atoms with Gasteiger partial charge in [0.05, 0.1) is 0 Å². The van der Waals surface area contributed by atoms with Crippen molar-refractivity contribution in [2.24, 2.45) is 0 Å². The second-order valence-electron chi connectivity index (χ2n) is 6.82. The van der Waals surface area contributed by atoms with E-state index in [4.69, 9.17) is 4.74 Å². The quantitative estimate of drug-likeness (QED) is 0.115. The zero-order valence-corrected chi connectivity index (χ0v) is 16.1. The van der Waals surface area contributed by atoms with Crippen molar-refractivity contribution in [2.75, 3.05) is 0 Å². The van der Waals surface area contributed by atoms with Crippen molar-refractivity contribution in [3.05, 3.63) is 25.3 Å². The van der Waals surface area contributed by atoms with Crippen LogP contribution in [0.4, 0.5) is 0 Å². The van der Waals surface area contributed by atoms with Crippen LogP contribution in [-0.2, 0) is 9.53 Å². The Morgan fingerprint density at radius 2 is 1.29 bits per heavy atom.